The van der Waals surface area contributed by atoms with E-state index in [4.69, 9.17) is 30.5 Å². The molecule has 0 spiro atoms. The highest BCUT2D eigenvalue weighted by Crippen LogP contribution is 2.32. The molecule has 0 saturated heterocycles. The fraction of sp³-hybridized carbons (Fsp3) is 0.310. The number of esters is 1. The van der Waals surface area contributed by atoms with E-state index in [1.54, 1.807) is 43.3 Å². The first-order chi connectivity index (χ1) is 18.7. The van der Waals surface area contributed by atoms with Gasteiger partial charge in [-0.2, -0.15) is 5.26 Å². The molecule has 3 rings (SSSR count). The van der Waals surface area contributed by atoms with Gasteiger partial charge in [-0.05, 0) is 60.9 Å². The second-order valence-corrected chi connectivity index (χ2v) is 8.87. The summed E-state index contributed by atoms with van der Waals surface area (Å²) < 4.78 is 21.9. The third-order valence-corrected chi connectivity index (χ3v) is 5.96. The van der Waals surface area contributed by atoms with Gasteiger partial charge in [0.1, 0.15) is 24.9 Å². The van der Waals surface area contributed by atoms with Gasteiger partial charge in [0.15, 0.2) is 11.5 Å². The molecular weight excluding hydrogens is 524 g/mol. The van der Waals surface area contributed by atoms with Crippen molar-refractivity contribution < 1.29 is 33.3 Å². The molecular formula is C29H29ClN2O7. The Bertz CT molecular complexity index is 1330. The van der Waals surface area contributed by atoms with Gasteiger partial charge in [0.05, 0.1) is 26.4 Å². The maximum atomic E-state index is 13.3. The lowest BCUT2D eigenvalue weighted by atomic mass is 9.93. The monoisotopic (exact) mass is 552 g/mol. The fourth-order valence-electron chi connectivity index (χ4n) is 3.75. The molecule has 0 saturated carbocycles. The van der Waals surface area contributed by atoms with Crippen molar-refractivity contribution in [3.8, 4) is 17.6 Å². The van der Waals surface area contributed by atoms with E-state index < -0.39 is 17.8 Å². The van der Waals surface area contributed by atoms with Crippen LogP contribution in [-0.4, -0.2) is 55.7 Å². The van der Waals surface area contributed by atoms with Crippen LogP contribution in [0.15, 0.2) is 59.2 Å². The van der Waals surface area contributed by atoms with Crippen LogP contribution in [0.1, 0.15) is 31.9 Å². The maximum absolute atomic E-state index is 13.3. The average molecular weight is 553 g/mol. The van der Waals surface area contributed by atoms with E-state index in [1.165, 1.54) is 6.92 Å². The van der Waals surface area contributed by atoms with Crippen LogP contribution in [-0.2, 0) is 30.5 Å². The van der Waals surface area contributed by atoms with Gasteiger partial charge in [-0.15, -0.1) is 0 Å². The molecule has 0 aromatic heterocycles. The molecule has 204 valence electrons. The standard InChI is InChI=1S/C29H29ClN2O7/c1-4-37-27-16-22(7-10-26(27)39-18-21-5-8-23(30)9-6-21)15-24-19(2)25(17-31)29(35)32(28(24)34)11-12-36-13-14-38-20(3)33/h5-10,15-16H,4,11-14,18H2,1-3H3/b24-15+. The van der Waals surface area contributed by atoms with E-state index in [0.717, 1.165) is 10.5 Å². The van der Waals surface area contributed by atoms with Crippen molar-refractivity contribution in [3.05, 3.63) is 75.3 Å². The van der Waals surface area contributed by atoms with Crippen LogP contribution in [0, 0.1) is 11.3 Å². The average Bonchev–Trinajstić information content (AvgIpc) is 2.91. The molecule has 0 aliphatic carbocycles. The lowest BCUT2D eigenvalue weighted by Gasteiger charge is -2.27. The summed E-state index contributed by atoms with van der Waals surface area (Å²) in [5.41, 5.74) is 1.95. The Morgan fingerprint density at radius 3 is 2.44 bits per heavy atom. The lowest BCUT2D eigenvalue weighted by Crippen LogP contribution is -2.44. The van der Waals surface area contributed by atoms with E-state index in [0.29, 0.717) is 40.9 Å². The molecule has 1 aliphatic rings. The van der Waals surface area contributed by atoms with E-state index in [9.17, 15) is 19.6 Å². The number of imide groups is 1. The van der Waals surface area contributed by atoms with Crippen molar-refractivity contribution in [1.82, 2.24) is 4.90 Å². The summed E-state index contributed by atoms with van der Waals surface area (Å²) in [5, 5.41) is 10.3. The smallest absolute Gasteiger partial charge is 0.302 e. The summed E-state index contributed by atoms with van der Waals surface area (Å²) in [7, 11) is 0. The van der Waals surface area contributed by atoms with Gasteiger partial charge < -0.3 is 18.9 Å². The number of hydrogen-bond acceptors (Lipinski definition) is 8. The molecule has 1 heterocycles. The molecule has 0 radical (unpaired) electrons. The van der Waals surface area contributed by atoms with Crippen molar-refractivity contribution >= 4 is 35.5 Å². The second-order valence-electron chi connectivity index (χ2n) is 8.44. The molecule has 0 atom stereocenters. The molecule has 2 amide bonds. The van der Waals surface area contributed by atoms with Gasteiger partial charge in [-0.1, -0.05) is 29.8 Å². The Morgan fingerprint density at radius 1 is 1.03 bits per heavy atom. The quantitative estimate of drug-likeness (QED) is 0.164. The summed E-state index contributed by atoms with van der Waals surface area (Å²) in [6.45, 7) is 5.56. The molecule has 9 nitrogen and oxygen atoms in total. The van der Waals surface area contributed by atoms with Gasteiger partial charge in [-0.25, -0.2) is 0 Å². The Morgan fingerprint density at radius 2 is 1.77 bits per heavy atom. The lowest BCUT2D eigenvalue weighted by molar-refractivity contribution is -0.142. The molecule has 10 heteroatoms. The normalized spacial score (nSPS) is 14.4. The fourth-order valence-corrected chi connectivity index (χ4v) is 3.87. The Hall–Kier alpha value is -4.13. The predicted molar refractivity (Wildman–Crippen MR) is 144 cm³/mol. The molecule has 1 aliphatic heterocycles. The first kappa shape index (κ1) is 29.4. The zero-order valence-electron chi connectivity index (χ0n) is 22.0. The highest BCUT2D eigenvalue weighted by molar-refractivity contribution is 6.30. The number of rotatable bonds is 12. The van der Waals surface area contributed by atoms with Gasteiger partial charge in [0.25, 0.3) is 11.8 Å². The number of ether oxygens (including phenoxy) is 4. The Labute approximate surface area is 232 Å². The van der Waals surface area contributed by atoms with Gasteiger partial charge in [0, 0.05) is 17.5 Å². The van der Waals surface area contributed by atoms with Crippen molar-refractivity contribution in [3.63, 3.8) is 0 Å². The first-order valence-corrected chi connectivity index (χ1v) is 12.7. The number of amides is 2. The Kier molecular flexibility index (Phi) is 10.7. The Balaban J connectivity index is 1.80. The highest BCUT2D eigenvalue weighted by atomic mass is 35.5. The third-order valence-electron chi connectivity index (χ3n) is 5.70. The van der Waals surface area contributed by atoms with Crippen LogP contribution in [0.3, 0.4) is 0 Å². The first-order valence-electron chi connectivity index (χ1n) is 12.3. The summed E-state index contributed by atoms with van der Waals surface area (Å²) in [5.74, 6) is -0.637. The zero-order valence-corrected chi connectivity index (χ0v) is 22.7. The largest absolute Gasteiger partial charge is 0.490 e. The summed E-state index contributed by atoms with van der Waals surface area (Å²) in [4.78, 5) is 37.9. The second kappa shape index (κ2) is 14.1. The minimum atomic E-state index is -0.679. The van der Waals surface area contributed by atoms with E-state index in [-0.39, 0.29) is 37.5 Å². The maximum Gasteiger partial charge on any atom is 0.302 e. The van der Waals surface area contributed by atoms with Crippen molar-refractivity contribution in [1.29, 1.82) is 5.26 Å². The van der Waals surface area contributed by atoms with Gasteiger partial charge in [0.2, 0.25) is 0 Å². The minimum Gasteiger partial charge on any atom is -0.490 e. The van der Waals surface area contributed by atoms with E-state index in [2.05, 4.69) is 0 Å². The van der Waals surface area contributed by atoms with Crippen LogP contribution < -0.4 is 9.47 Å². The number of hydrogen-bond donors (Lipinski definition) is 0. The molecule has 39 heavy (non-hydrogen) atoms. The number of carbonyl (C=O) groups is 3. The number of carbonyl (C=O) groups excluding carboxylic acids is 3. The number of nitrogens with zero attached hydrogens (tertiary/aromatic N) is 2. The highest BCUT2D eigenvalue weighted by Gasteiger charge is 2.35. The number of nitriles is 1. The molecule has 0 bridgehead atoms. The molecule has 0 unspecified atom stereocenters. The summed E-state index contributed by atoms with van der Waals surface area (Å²) in [6, 6.07) is 14.5. The van der Waals surface area contributed by atoms with Gasteiger partial charge in [-0.3, -0.25) is 19.3 Å². The molecule has 0 N–H and O–H groups in total. The predicted octanol–water partition coefficient (Wildman–Crippen LogP) is 4.49. The zero-order chi connectivity index (χ0) is 28.4. The molecule has 2 aromatic rings. The van der Waals surface area contributed by atoms with Crippen LogP contribution in [0.4, 0.5) is 0 Å². The SMILES string of the molecule is CCOc1cc(/C=C2/C(=O)N(CCOCCOC(C)=O)C(=O)C(C#N)=C2C)ccc1OCc1ccc(Cl)cc1. The minimum absolute atomic E-state index is 0.0257. The molecule has 0 fully saturated rings. The van der Waals surface area contributed by atoms with Crippen LogP contribution in [0.2, 0.25) is 5.02 Å². The topological polar surface area (TPSA) is 115 Å². The third kappa shape index (κ3) is 7.93. The van der Waals surface area contributed by atoms with Crippen LogP contribution in [0.25, 0.3) is 6.08 Å². The van der Waals surface area contributed by atoms with E-state index >= 15 is 0 Å². The van der Waals surface area contributed by atoms with E-state index in [1.807, 2.05) is 25.1 Å². The number of benzene rings is 2. The van der Waals surface area contributed by atoms with Crippen molar-refractivity contribution in [2.75, 3.05) is 33.0 Å². The number of halogens is 1. The molecule has 2 aromatic carbocycles. The summed E-state index contributed by atoms with van der Waals surface area (Å²) >= 11 is 5.95. The summed E-state index contributed by atoms with van der Waals surface area (Å²) in [6.07, 6.45) is 1.61. The van der Waals surface area contributed by atoms with Crippen molar-refractivity contribution in [2.24, 2.45) is 0 Å². The van der Waals surface area contributed by atoms with Crippen LogP contribution in [0.5, 0.6) is 11.5 Å². The van der Waals surface area contributed by atoms with Gasteiger partial charge >= 0.3 is 5.97 Å². The van der Waals surface area contributed by atoms with Crippen molar-refractivity contribution in [2.45, 2.75) is 27.4 Å². The van der Waals surface area contributed by atoms with Crippen LogP contribution >= 0.6 is 11.6 Å².